The number of hydrogen-bond donors (Lipinski definition) is 1. The monoisotopic (exact) mass is 260 g/mol. The van der Waals surface area contributed by atoms with E-state index in [0.29, 0.717) is 18.9 Å². The molecule has 4 heteroatoms. The molecule has 1 N–H and O–H groups in total. The molecule has 0 amide bonds. The smallest absolute Gasteiger partial charge is 0.231 e. The van der Waals surface area contributed by atoms with Gasteiger partial charge in [-0.05, 0) is 38.3 Å². The summed E-state index contributed by atoms with van der Waals surface area (Å²) in [5.74, 6) is 1.71. The van der Waals surface area contributed by atoms with E-state index in [0.717, 1.165) is 23.2 Å². The Morgan fingerprint density at radius 1 is 1.21 bits per heavy atom. The van der Waals surface area contributed by atoms with Crippen molar-refractivity contribution in [2.75, 3.05) is 18.7 Å². The highest BCUT2D eigenvalue weighted by Crippen LogP contribution is 2.36. The minimum atomic E-state index is 0.342. The molecule has 102 valence electrons. The van der Waals surface area contributed by atoms with Gasteiger partial charge in [-0.15, -0.1) is 0 Å². The van der Waals surface area contributed by atoms with Gasteiger partial charge in [-0.2, -0.15) is 0 Å². The van der Waals surface area contributed by atoms with Crippen molar-refractivity contribution in [1.82, 2.24) is 4.90 Å². The average Bonchev–Trinajstić information content (AvgIpc) is 3.02. The fourth-order valence-electron chi connectivity index (χ4n) is 3.30. The highest BCUT2D eigenvalue weighted by molar-refractivity contribution is 5.56. The van der Waals surface area contributed by atoms with Gasteiger partial charge in [0.05, 0.1) is 0 Å². The van der Waals surface area contributed by atoms with E-state index in [1.165, 1.54) is 25.8 Å². The molecule has 1 saturated carbocycles. The number of nitrogens with zero attached hydrogens (tertiary/aromatic N) is 1. The average molecular weight is 260 g/mol. The molecule has 4 nitrogen and oxygen atoms in total. The van der Waals surface area contributed by atoms with E-state index in [1.54, 1.807) is 0 Å². The Kier molecular flexibility index (Phi) is 2.58. The summed E-state index contributed by atoms with van der Waals surface area (Å²) in [5.41, 5.74) is 1.14. The van der Waals surface area contributed by atoms with Crippen LogP contribution in [0, 0.1) is 0 Å². The van der Waals surface area contributed by atoms with Crippen LogP contribution < -0.4 is 14.8 Å². The summed E-state index contributed by atoms with van der Waals surface area (Å²) < 4.78 is 10.8. The summed E-state index contributed by atoms with van der Waals surface area (Å²) in [6, 6.07) is 8.24. The van der Waals surface area contributed by atoms with Crippen molar-refractivity contribution in [3.05, 3.63) is 18.2 Å². The van der Waals surface area contributed by atoms with Gasteiger partial charge in [-0.1, -0.05) is 0 Å². The molecule has 2 atom stereocenters. The zero-order valence-corrected chi connectivity index (χ0v) is 11.3. The molecule has 3 aliphatic rings. The van der Waals surface area contributed by atoms with Crippen LogP contribution in [0.1, 0.15) is 26.2 Å². The van der Waals surface area contributed by atoms with E-state index < -0.39 is 0 Å². The molecule has 0 aromatic heterocycles. The lowest BCUT2D eigenvalue weighted by Crippen LogP contribution is -2.30. The molecule has 1 aromatic rings. The van der Waals surface area contributed by atoms with Crippen LogP contribution >= 0.6 is 0 Å². The Hall–Kier alpha value is -1.42. The third-order valence-corrected chi connectivity index (χ3v) is 4.38. The van der Waals surface area contributed by atoms with Gasteiger partial charge in [0.2, 0.25) is 6.79 Å². The van der Waals surface area contributed by atoms with Gasteiger partial charge in [0.1, 0.15) is 0 Å². The highest BCUT2D eigenvalue weighted by atomic mass is 16.7. The Morgan fingerprint density at radius 3 is 2.89 bits per heavy atom. The van der Waals surface area contributed by atoms with E-state index >= 15 is 0 Å². The maximum atomic E-state index is 5.42. The van der Waals surface area contributed by atoms with Crippen molar-refractivity contribution in [3.8, 4) is 11.5 Å². The van der Waals surface area contributed by atoms with Crippen LogP contribution in [0.2, 0.25) is 0 Å². The van der Waals surface area contributed by atoms with Gasteiger partial charge in [0, 0.05) is 36.4 Å². The first kappa shape index (κ1) is 11.4. The Bertz CT molecular complexity index is 487. The van der Waals surface area contributed by atoms with Crippen molar-refractivity contribution in [2.45, 2.75) is 44.3 Å². The molecule has 2 unspecified atom stereocenters. The summed E-state index contributed by atoms with van der Waals surface area (Å²) in [7, 11) is 0. The second-order valence-electron chi connectivity index (χ2n) is 5.92. The van der Waals surface area contributed by atoms with Crippen molar-refractivity contribution < 1.29 is 9.47 Å². The first-order valence-electron chi connectivity index (χ1n) is 7.21. The van der Waals surface area contributed by atoms with E-state index in [4.69, 9.17) is 9.47 Å². The Morgan fingerprint density at radius 2 is 2.05 bits per heavy atom. The summed E-state index contributed by atoms with van der Waals surface area (Å²) in [4.78, 5) is 2.66. The zero-order chi connectivity index (χ0) is 12.8. The molecule has 19 heavy (non-hydrogen) atoms. The van der Waals surface area contributed by atoms with Crippen LogP contribution in [0.25, 0.3) is 0 Å². The molecule has 0 spiro atoms. The molecule has 4 rings (SSSR count). The maximum Gasteiger partial charge on any atom is 0.231 e. The summed E-state index contributed by atoms with van der Waals surface area (Å²) in [6.07, 6.45) is 4.01. The highest BCUT2D eigenvalue weighted by Gasteiger charge is 2.38. The third-order valence-electron chi connectivity index (χ3n) is 4.38. The third kappa shape index (κ3) is 2.14. The zero-order valence-electron chi connectivity index (χ0n) is 11.3. The molecule has 2 heterocycles. The summed E-state index contributed by atoms with van der Waals surface area (Å²) in [5, 5.41) is 3.64. The van der Waals surface area contributed by atoms with Crippen molar-refractivity contribution >= 4 is 5.69 Å². The molecular formula is C15H20N2O2. The number of likely N-dealkylation sites (tertiary alicyclic amines) is 1. The van der Waals surface area contributed by atoms with Crippen LogP contribution in [-0.4, -0.2) is 36.4 Å². The molecule has 1 aromatic carbocycles. The number of ether oxygens (including phenoxy) is 2. The molecule has 1 saturated heterocycles. The lowest BCUT2D eigenvalue weighted by atomic mass is 10.2. The number of fused-ring (bicyclic) bond motifs is 1. The van der Waals surface area contributed by atoms with Crippen LogP contribution in [0.4, 0.5) is 5.69 Å². The number of nitrogens with one attached hydrogen (secondary N) is 1. The topological polar surface area (TPSA) is 33.7 Å². The molecule has 1 aliphatic carbocycles. The van der Waals surface area contributed by atoms with Gasteiger partial charge in [0.25, 0.3) is 0 Å². The van der Waals surface area contributed by atoms with Crippen LogP contribution in [0.15, 0.2) is 18.2 Å². The molecule has 0 bridgehead atoms. The minimum absolute atomic E-state index is 0.342. The first-order chi connectivity index (χ1) is 9.29. The lowest BCUT2D eigenvalue weighted by Gasteiger charge is -2.20. The van der Waals surface area contributed by atoms with Gasteiger partial charge in [-0.25, -0.2) is 0 Å². The van der Waals surface area contributed by atoms with E-state index in [1.807, 2.05) is 12.1 Å². The predicted octanol–water partition coefficient (Wildman–Crippen LogP) is 2.45. The van der Waals surface area contributed by atoms with E-state index in [2.05, 4.69) is 23.2 Å². The number of rotatable bonds is 3. The minimum Gasteiger partial charge on any atom is -0.454 e. The van der Waals surface area contributed by atoms with E-state index in [9.17, 15) is 0 Å². The predicted molar refractivity (Wildman–Crippen MR) is 73.8 cm³/mol. The van der Waals surface area contributed by atoms with Crippen LogP contribution in [0.5, 0.6) is 11.5 Å². The number of anilines is 1. The normalized spacial score (nSPS) is 29.7. The van der Waals surface area contributed by atoms with Crippen molar-refractivity contribution in [3.63, 3.8) is 0 Å². The molecule has 2 aliphatic heterocycles. The Balaban J connectivity index is 1.44. The van der Waals surface area contributed by atoms with Crippen molar-refractivity contribution in [2.24, 2.45) is 0 Å². The summed E-state index contributed by atoms with van der Waals surface area (Å²) >= 11 is 0. The quantitative estimate of drug-likeness (QED) is 0.905. The van der Waals surface area contributed by atoms with Gasteiger partial charge in [0.15, 0.2) is 11.5 Å². The summed E-state index contributed by atoms with van der Waals surface area (Å²) in [6.45, 7) is 3.86. The number of hydrogen-bond acceptors (Lipinski definition) is 4. The van der Waals surface area contributed by atoms with Gasteiger partial charge < -0.3 is 14.8 Å². The van der Waals surface area contributed by atoms with Crippen molar-refractivity contribution in [1.29, 1.82) is 0 Å². The molecular weight excluding hydrogens is 240 g/mol. The van der Waals surface area contributed by atoms with Crippen LogP contribution in [0.3, 0.4) is 0 Å². The fraction of sp³-hybridized carbons (Fsp3) is 0.600. The maximum absolute atomic E-state index is 5.42. The molecule has 0 radical (unpaired) electrons. The standard InChI is InChI=1S/C15H20N2O2/c1-10-6-12(8-17(10)13-3-4-13)16-11-2-5-14-15(7-11)19-9-18-14/h2,5,7,10,12-13,16H,3-4,6,8-9H2,1H3. The lowest BCUT2D eigenvalue weighted by molar-refractivity contribution is 0.174. The second-order valence-corrected chi connectivity index (χ2v) is 5.92. The van der Waals surface area contributed by atoms with Crippen LogP contribution in [-0.2, 0) is 0 Å². The molecule has 2 fully saturated rings. The van der Waals surface area contributed by atoms with Gasteiger partial charge >= 0.3 is 0 Å². The largest absolute Gasteiger partial charge is 0.454 e. The SMILES string of the molecule is CC1CC(Nc2ccc3c(c2)OCO3)CN1C1CC1. The first-order valence-corrected chi connectivity index (χ1v) is 7.21. The Labute approximate surface area is 113 Å². The number of benzene rings is 1. The fourth-order valence-corrected chi connectivity index (χ4v) is 3.30. The van der Waals surface area contributed by atoms with E-state index in [-0.39, 0.29) is 0 Å². The van der Waals surface area contributed by atoms with Gasteiger partial charge in [-0.3, -0.25) is 4.90 Å². The second kappa shape index (κ2) is 4.30.